The molecule has 0 amide bonds. The van der Waals surface area contributed by atoms with Crippen molar-refractivity contribution in [1.82, 2.24) is 5.32 Å². The van der Waals surface area contributed by atoms with Gasteiger partial charge in [-0.1, -0.05) is 77.6 Å². The molecule has 0 radical (unpaired) electrons. The molecule has 1 heteroatoms. The molecule has 0 heterocycles. The third-order valence-corrected chi connectivity index (χ3v) is 5.10. The lowest BCUT2D eigenvalue weighted by Crippen LogP contribution is -2.32. The molecule has 0 aromatic heterocycles. The second kappa shape index (κ2) is 12.7. The third-order valence-electron chi connectivity index (χ3n) is 5.10. The standard InChI is InChI=1S/C19H39N/c1-3-4-5-6-7-8-9-10-11-14-17-20-18(2)19-15-12-13-16-19/h18-20H,3-17H2,1-2H3/t18-/m0/s1. The van der Waals surface area contributed by atoms with Crippen LogP contribution in [0.4, 0.5) is 0 Å². The highest BCUT2D eigenvalue weighted by Gasteiger charge is 2.20. The summed E-state index contributed by atoms with van der Waals surface area (Å²) in [6, 6.07) is 0.760. The van der Waals surface area contributed by atoms with E-state index in [0.29, 0.717) is 0 Å². The summed E-state index contributed by atoms with van der Waals surface area (Å²) in [5.74, 6) is 0.970. The minimum atomic E-state index is 0.760. The van der Waals surface area contributed by atoms with Crippen LogP contribution in [0.2, 0.25) is 0 Å². The van der Waals surface area contributed by atoms with Gasteiger partial charge >= 0.3 is 0 Å². The summed E-state index contributed by atoms with van der Waals surface area (Å²) in [5, 5.41) is 3.75. The van der Waals surface area contributed by atoms with Crippen molar-refractivity contribution in [2.24, 2.45) is 5.92 Å². The highest BCUT2D eigenvalue weighted by atomic mass is 14.9. The zero-order valence-electron chi connectivity index (χ0n) is 14.3. The smallest absolute Gasteiger partial charge is 0.00669 e. The lowest BCUT2D eigenvalue weighted by atomic mass is 9.99. The van der Waals surface area contributed by atoms with Gasteiger partial charge in [0.05, 0.1) is 0 Å². The van der Waals surface area contributed by atoms with Gasteiger partial charge in [0.15, 0.2) is 0 Å². The predicted octanol–water partition coefficient (Wildman–Crippen LogP) is 6.08. The van der Waals surface area contributed by atoms with E-state index in [-0.39, 0.29) is 0 Å². The van der Waals surface area contributed by atoms with Crippen molar-refractivity contribution < 1.29 is 0 Å². The molecule has 20 heavy (non-hydrogen) atoms. The molecule has 1 rings (SSSR count). The van der Waals surface area contributed by atoms with Gasteiger partial charge in [0.2, 0.25) is 0 Å². The molecule has 1 N–H and O–H groups in total. The fraction of sp³-hybridized carbons (Fsp3) is 1.00. The molecule has 1 aliphatic carbocycles. The van der Waals surface area contributed by atoms with E-state index in [1.165, 1.54) is 96.4 Å². The normalized spacial score (nSPS) is 17.7. The maximum absolute atomic E-state index is 3.75. The van der Waals surface area contributed by atoms with Crippen LogP contribution in [0.1, 0.15) is 104 Å². The van der Waals surface area contributed by atoms with Crippen molar-refractivity contribution in [3.8, 4) is 0 Å². The molecule has 0 aromatic carbocycles. The van der Waals surface area contributed by atoms with E-state index in [1.54, 1.807) is 0 Å². The van der Waals surface area contributed by atoms with E-state index in [9.17, 15) is 0 Å². The Bertz CT molecular complexity index is 196. The van der Waals surface area contributed by atoms with Crippen LogP contribution < -0.4 is 5.32 Å². The molecular weight excluding hydrogens is 242 g/mol. The van der Waals surface area contributed by atoms with E-state index in [4.69, 9.17) is 0 Å². The molecule has 0 aromatic rings. The zero-order valence-corrected chi connectivity index (χ0v) is 14.3. The topological polar surface area (TPSA) is 12.0 Å². The quantitative estimate of drug-likeness (QED) is 0.404. The van der Waals surface area contributed by atoms with Gasteiger partial charge in [-0.15, -0.1) is 0 Å². The molecular formula is C19H39N. The van der Waals surface area contributed by atoms with E-state index in [0.717, 1.165) is 12.0 Å². The number of unbranched alkanes of at least 4 members (excludes halogenated alkanes) is 9. The summed E-state index contributed by atoms with van der Waals surface area (Å²) in [6.07, 6.45) is 20.3. The largest absolute Gasteiger partial charge is 0.314 e. The Morgan fingerprint density at radius 3 is 1.85 bits per heavy atom. The van der Waals surface area contributed by atoms with Crippen molar-refractivity contribution in [2.45, 2.75) is 110 Å². The molecule has 1 fully saturated rings. The van der Waals surface area contributed by atoms with Gasteiger partial charge in [-0.25, -0.2) is 0 Å². The summed E-state index contributed by atoms with van der Waals surface area (Å²) < 4.78 is 0. The van der Waals surface area contributed by atoms with Crippen molar-refractivity contribution in [2.75, 3.05) is 6.54 Å². The minimum absolute atomic E-state index is 0.760. The van der Waals surface area contributed by atoms with Crippen LogP contribution in [0.3, 0.4) is 0 Å². The average Bonchev–Trinajstić information content (AvgIpc) is 2.99. The molecule has 0 unspecified atom stereocenters. The first-order chi connectivity index (χ1) is 9.84. The highest BCUT2D eigenvalue weighted by Crippen LogP contribution is 2.27. The third kappa shape index (κ3) is 9.00. The summed E-state index contributed by atoms with van der Waals surface area (Å²) in [6.45, 7) is 5.93. The summed E-state index contributed by atoms with van der Waals surface area (Å²) in [5.41, 5.74) is 0. The fourth-order valence-electron chi connectivity index (χ4n) is 3.57. The predicted molar refractivity (Wildman–Crippen MR) is 91.3 cm³/mol. The fourth-order valence-corrected chi connectivity index (χ4v) is 3.57. The Hall–Kier alpha value is -0.0400. The van der Waals surface area contributed by atoms with Crippen LogP contribution in [0.25, 0.3) is 0 Å². The second-order valence-electron chi connectivity index (χ2n) is 6.97. The van der Waals surface area contributed by atoms with Gasteiger partial charge in [-0.3, -0.25) is 0 Å². The van der Waals surface area contributed by atoms with Gasteiger partial charge in [0.1, 0.15) is 0 Å². The molecule has 1 atom stereocenters. The first-order valence-corrected chi connectivity index (χ1v) is 9.58. The van der Waals surface area contributed by atoms with Crippen LogP contribution in [0, 0.1) is 5.92 Å². The summed E-state index contributed by atoms with van der Waals surface area (Å²) >= 11 is 0. The van der Waals surface area contributed by atoms with E-state index in [2.05, 4.69) is 19.2 Å². The Morgan fingerprint density at radius 2 is 1.30 bits per heavy atom. The van der Waals surface area contributed by atoms with Crippen molar-refractivity contribution in [1.29, 1.82) is 0 Å². The molecule has 0 spiro atoms. The molecule has 120 valence electrons. The van der Waals surface area contributed by atoms with Gasteiger partial charge in [-0.2, -0.15) is 0 Å². The highest BCUT2D eigenvalue weighted by molar-refractivity contribution is 4.76. The first kappa shape index (κ1) is 18.0. The van der Waals surface area contributed by atoms with Crippen molar-refractivity contribution in [3.05, 3.63) is 0 Å². The molecule has 0 saturated heterocycles. The Kier molecular flexibility index (Phi) is 11.4. The average molecular weight is 282 g/mol. The molecule has 1 saturated carbocycles. The van der Waals surface area contributed by atoms with Crippen LogP contribution in [0.5, 0.6) is 0 Å². The Labute approximate surface area is 128 Å². The van der Waals surface area contributed by atoms with E-state index < -0.39 is 0 Å². The molecule has 1 aliphatic rings. The monoisotopic (exact) mass is 281 g/mol. The van der Waals surface area contributed by atoms with Gasteiger partial charge in [0, 0.05) is 6.04 Å². The lowest BCUT2D eigenvalue weighted by molar-refractivity contribution is 0.377. The van der Waals surface area contributed by atoms with Crippen LogP contribution in [-0.2, 0) is 0 Å². The Balaban J connectivity index is 1.76. The van der Waals surface area contributed by atoms with Gasteiger partial charge in [0.25, 0.3) is 0 Å². The number of hydrogen-bond donors (Lipinski definition) is 1. The number of nitrogens with one attached hydrogen (secondary N) is 1. The van der Waals surface area contributed by atoms with Gasteiger partial charge < -0.3 is 5.32 Å². The van der Waals surface area contributed by atoms with E-state index in [1.807, 2.05) is 0 Å². The van der Waals surface area contributed by atoms with E-state index >= 15 is 0 Å². The Morgan fingerprint density at radius 1 is 0.800 bits per heavy atom. The summed E-state index contributed by atoms with van der Waals surface area (Å²) in [7, 11) is 0. The van der Waals surface area contributed by atoms with Gasteiger partial charge in [-0.05, 0) is 38.6 Å². The lowest BCUT2D eigenvalue weighted by Gasteiger charge is -2.20. The van der Waals surface area contributed by atoms with Crippen molar-refractivity contribution >= 4 is 0 Å². The van der Waals surface area contributed by atoms with Crippen LogP contribution >= 0.6 is 0 Å². The summed E-state index contributed by atoms with van der Waals surface area (Å²) in [4.78, 5) is 0. The minimum Gasteiger partial charge on any atom is -0.314 e. The molecule has 1 nitrogen and oxygen atoms in total. The maximum Gasteiger partial charge on any atom is 0.00669 e. The first-order valence-electron chi connectivity index (χ1n) is 9.58. The SMILES string of the molecule is CCCCCCCCCCCCN[C@@H](C)C1CCCC1. The van der Waals surface area contributed by atoms with Crippen molar-refractivity contribution in [3.63, 3.8) is 0 Å². The second-order valence-corrected chi connectivity index (χ2v) is 6.97. The number of hydrogen-bond acceptors (Lipinski definition) is 1. The molecule has 0 aliphatic heterocycles. The van der Waals surface area contributed by atoms with Crippen LogP contribution in [-0.4, -0.2) is 12.6 Å². The maximum atomic E-state index is 3.75. The molecule has 0 bridgehead atoms. The zero-order chi connectivity index (χ0) is 14.5. The van der Waals surface area contributed by atoms with Crippen LogP contribution in [0.15, 0.2) is 0 Å². The number of rotatable bonds is 13.